The lowest BCUT2D eigenvalue weighted by Crippen LogP contribution is -2.48. The van der Waals surface area contributed by atoms with E-state index in [2.05, 4.69) is 34.9 Å². The summed E-state index contributed by atoms with van der Waals surface area (Å²) in [6.07, 6.45) is 1.54. The van der Waals surface area contributed by atoms with E-state index in [0.29, 0.717) is 12.8 Å². The fraction of sp³-hybridized carbons (Fsp3) is 0.464. The Hall–Kier alpha value is -3.35. The number of ether oxygens (including phenoxy) is 1. The molecule has 7 nitrogen and oxygen atoms in total. The molecule has 0 aromatic heterocycles. The first-order chi connectivity index (χ1) is 16.6. The lowest BCUT2D eigenvalue weighted by molar-refractivity contribution is -0.141. The minimum atomic E-state index is -0.803. The van der Waals surface area contributed by atoms with E-state index in [4.69, 9.17) is 9.84 Å². The summed E-state index contributed by atoms with van der Waals surface area (Å²) in [4.78, 5) is 36.0. The molecule has 2 aromatic carbocycles. The Balaban J connectivity index is 1.46. The largest absolute Gasteiger partial charge is 0.481 e. The molecule has 2 atom stereocenters. The molecular weight excluding hydrogens is 444 g/mol. The summed E-state index contributed by atoms with van der Waals surface area (Å²) in [6, 6.07) is 16.2. The molecule has 0 heterocycles. The number of carbonyl (C=O) groups is 3. The molecule has 0 bridgehead atoms. The lowest BCUT2D eigenvalue weighted by Gasteiger charge is -2.26. The van der Waals surface area contributed by atoms with E-state index in [1.165, 1.54) is 11.1 Å². The van der Waals surface area contributed by atoms with Crippen molar-refractivity contribution in [1.82, 2.24) is 10.6 Å². The highest BCUT2D eigenvalue weighted by Crippen LogP contribution is 2.44. The van der Waals surface area contributed by atoms with Crippen molar-refractivity contribution >= 4 is 18.0 Å². The highest BCUT2D eigenvalue weighted by atomic mass is 16.5. The Labute approximate surface area is 207 Å². The maximum absolute atomic E-state index is 12.6. The first-order valence-electron chi connectivity index (χ1n) is 12.2. The first kappa shape index (κ1) is 26.3. The SMILES string of the molecule is CC(CCCC(C)C(=O)O)NC(=O)CC(C)(C)NC(=O)OCC1c2ccccc2-c2ccccc21. The third-order valence-corrected chi connectivity index (χ3v) is 6.49. The molecular formula is C28H36N2O5. The molecule has 0 spiro atoms. The standard InChI is InChI=1S/C28H36N2O5/c1-18(26(32)33)10-9-11-19(2)29-25(31)16-28(3,4)30-27(34)35-17-24-22-14-7-5-12-20(22)21-13-6-8-15-23(21)24/h5-8,12-15,18-19,24H,9-11,16-17H2,1-4H3,(H,29,31)(H,30,34)(H,32,33). The number of amides is 2. The monoisotopic (exact) mass is 480 g/mol. The Morgan fingerprint density at radius 3 is 2.11 bits per heavy atom. The Bertz CT molecular complexity index is 1020. The van der Waals surface area contributed by atoms with Crippen molar-refractivity contribution in [2.45, 2.75) is 70.9 Å². The van der Waals surface area contributed by atoms with Gasteiger partial charge in [-0.25, -0.2) is 4.79 Å². The number of alkyl carbamates (subject to hydrolysis) is 1. The molecule has 1 aliphatic rings. The molecule has 0 saturated carbocycles. The predicted octanol–water partition coefficient (Wildman–Crippen LogP) is 5.09. The van der Waals surface area contributed by atoms with Gasteiger partial charge in [0.05, 0.1) is 5.92 Å². The second-order valence-electron chi connectivity index (χ2n) is 10.1. The molecule has 0 aliphatic heterocycles. The van der Waals surface area contributed by atoms with Gasteiger partial charge in [-0.15, -0.1) is 0 Å². The number of carboxylic acids is 1. The molecule has 188 valence electrons. The number of benzene rings is 2. The maximum atomic E-state index is 12.6. The molecule has 7 heteroatoms. The predicted molar refractivity (Wildman–Crippen MR) is 135 cm³/mol. The molecule has 0 radical (unpaired) electrons. The second-order valence-corrected chi connectivity index (χ2v) is 10.1. The quantitative estimate of drug-likeness (QED) is 0.416. The van der Waals surface area contributed by atoms with Gasteiger partial charge in [0.15, 0.2) is 0 Å². The molecule has 0 saturated heterocycles. The van der Waals surface area contributed by atoms with Gasteiger partial charge in [0.2, 0.25) is 5.91 Å². The van der Waals surface area contributed by atoms with Crippen LogP contribution in [0.4, 0.5) is 4.79 Å². The van der Waals surface area contributed by atoms with Crippen LogP contribution in [0.3, 0.4) is 0 Å². The minimum absolute atomic E-state index is 0.0238. The Kier molecular flexibility index (Phi) is 8.54. The van der Waals surface area contributed by atoms with Crippen molar-refractivity contribution in [2.24, 2.45) is 5.92 Å². The molecule has 3 N–H and O–H groups in total. The minimum Gasteiger partial charge on any atom is -0.481 e. The highest BCUT2D eigenvalue weighted by Gasteiger charge is 2.30. The van der Waals surface area contributed by atoms with E-state index in [1.54, 1.807) is 20.8 Å². The number of hydrogen-bond donors (Lipinski definition) is 3. The van der Waals surface area contributed by atoms with E-state index < -0.39 is 23.5 Å². The van der Waals surface area contributed by atoms with Gasteiger partial charge in [-0.1, -0.05) is 61.9 Å². The van der Waals surface area contributed by atoms with Crippen molar-refractivity contribution < 1.29 is 24.2 Å². The summed E-state index contributed by atoms with van der Waals surface area (Å²) in [6.45, 7) is 7.37. The Morgan fingerprint density at radius 2 is 1.54 bits per heavy atom. The van der Waals surface area contributed by atoms with Crippen LogP contribution in [0, 0.1) is 5.92 Å². The van der Waals surface area contributed by atoms with Gasteiger partial charge < -0.3 is 20.5 Å². The van der Waals surface area contributed by atoms with Crippen LogP contribution >= 0.6 is 0 Å². The number of hydrogen-bond acceptors (Lipinski definition) is 4. The van der Waals surface area contributed by atoms with Crippen LogP contribution in [-0.4, -0.2) is 41.3 Å². The third-order valence-electron chi connectivity index (χ3n) is 6.49. The maximum Gasteiger partial charge on any atom is 0.407 e. The summed E-state index contributed by atoms with van der Waals surface area (Å²) in [5, 5.41) is 14.7. The number of carboxylic acid groups (broad SMARTS) is 1. The number of rotatable bonds is 11. The Morgan fingerprint density at radius 1 is 0.971 bits per heavy atom. The van der Waals surface area contributed by atoms with Crippen molar-refractivity contribution in [3.63, 3.8) is 0 Å². The summed E-state index contributed by atoms with van der Waals surface area (Å²) in [5.74, 6) is -1.39. The average molecular weight is 481 g/mol. The van der Waals surface area contributed by atoms with Crippen molar-refractivity contribution in [2.75, 3.05) is 6.61 Å². The highest BCUT2D eigenvalue weighted by molar-refractivity contribution is 5.80. The van der Waals surface area contributed by atoms with Crippen LogP contribution in [-0.2, 0) is 14.3 Å². The van der Waals surface area contributed by atoms with Crippen LogP contribution < -0.4 is 10.6 Å². The number of fused-ring (bicyclic) bond motifs is 3. The van der Waals surface area contributed by atoms with Gasteiger partial charge in [0.25, 0.3) is 0 Å². The van der Waals surface area contributed by atoms with Crippen LogP contribution in [0.1, 0.15) is 70.4 Å². The van der Waals surface area contributed by atoms with Gasteiger partial charge in [0.1, 0.15) is 6.61 Å². The first-order valence-corrected chi connectivity index (χ1v) is 12.2. The smallest absolute Gasteiger partial charge is 0.407 e. The second kappa shape index (κ2) is 11.4. The molecule has 1 aliphatic carbocycles. The zero-order valence-electron chi connectivity index (χ0n) is 21.0. The molecule has 35 heavy (non-hydrogen) atoms. The molecule has 2 aromatic rings. The zero-order valence-corrected chi connectivity index (χ0v) is 21.0. The summed E-state index contributed by atoms with van der Waals surface area (Å²) < 4.78 is 5.60. The topological polar surface area (TPSA) is 105 Å². The van der Waals surface area contributed by atoms with E-state index in [0.717, 1.165) is 17.5 Å². The average Bonchev–Trinajstić information content (AvgIpc) is 3.10. The molecule has 2 amide bonds. The number of carbonyl (C=O) groups excluding carboxylic acids is 2. The van der Waals surface area contributed by atoms with Crippen LogP contribution in [0.15, 0.2) is 48.5 Å². The van der Waals surface area contributed by atoms with Crippen LogP contribution in [0.5, 0.6) is 0 Å². The van der Waals surface area contributed by atoms with Gasteiger partial charge in [0, 0.05) is 23.9 Å². The van der Waals surface area contributed by atoms with Gasteiger partial charge >= 0.3 is 12.1 Å². The van der Waals surface area contributed by atoms with Gasteiger partial charge in [-0.2, -0.15) is 0 Å². The fourth-order valence-electron chi connectivity index (χ4n) is 4.61. The molecule has 2 unspecified atom stereocenters. The van der Waals surface area contributed by atoms with Crippen LogP contribution in [0.25, 0.3) is 11.1 Å². The van der Waals surface area contributed by atoms with E-state index in [9.17, 15) is 14.4 Å². The molecule has 0 fully saturated rings. The fourth-order valence-corrected chi connectivity index (χ4v) is 4.61. The lowest BCUT2D eigenvalue weighted by atomic mass is 9.98. The van der Waals surface area contributed by atoms with E-state index >= 15 is 0 Å². The van der Waals surface area contributed by atoms with Crippen molar-refractivity contribution in [1.29, 1.82) is 0 Å². The van der Waals surface area contributed by atoms with E-state index in [1.807, 2.05) is 31.2 Å². The summed E-state index contributed by atoms with van der Waals surface area (Å²) >= 11 is 0. The molecule has 3 rings (SSSR count). The third kappa shape index (κ3) is 7.07. The zero-order chi connectivity index (χ0) is 25.6. The van der Waals surface area contributed by atoms with Gasteiger partial charge in [-0.05, 0) is 55.9 Å². The summed E-state index contributed by atoms with van der Waals surface area (Å²) in [7, 11) is 0. The number of nitrogens with one attached hydrogen (secondary N) is 2. The normalized spacial score (nSPS) is 14.4. The number of aliphatic carboxylic acids is 1. The van der Waals surface area contributed by atoms with Crippen molar-refractivity contribution in [3.05, 3.63) is 59.7 Å². The van der Waals surface area contributed by atoms with E-state index in [-0.39, 0.29) is 30.9 Å². The van der Waals surface area contributed by atoms with Gasteiger partial charge in [-0.3, -0.25) is 9.59 Å². The summed E-state index contributed by atoms with van der Waals surface area (Å²) in [5.41, 5.74) is 3.84. The van der Waals surface area contributed by atoms with Crippen molar-refractivity contribution in [3.8, 4) is 11.1 Å². The van der Waals surface area contributed by atoms with Crippen LogP contribution in [0.2, 0.25) is 0 Å².